The van der Waals surface area contributed by atoms with Crippen molar-refractivity contribution in [3.8, 4) is 5.75 Å². The molecule has 0 bridgehead atoms. The number of aryl methyl sites for hydroxylation is 1. The molecule has 0 atom stereocenters. The van der Waals surface area contributed by atoms with Crippen LogP contribution in [0.15, 0.2) is 24.3 Å². The quantitative estimate of drug-likeness (QED) is 0.798. The zero-order valence-electron chi connectivity index (χ0n) is 16.1. The van der Waals surface area contributed by atoms with Gasteiger partial charge in [-0.05, 0) is 31.4 Å². The number of piperidine rings is 1. The molecule has 3 aliphatic rings. The Bertz CT molecular complexity index is 909. The molecule has 28 heavy (non-hydrogen) atoms. The molecule has 0 spiro atoms. The van der Waals surface area contributed by atoms with Crippen LogP contribution in [0.25, 0.3) is 0 Å². The minimum Gasteiger partial charge on any atom is -0.487 e. The van der Waals surface area contributed by atoms with Crippen LogP contribution in [0.4, 0.5) is 10.6 Å². The van der Waals surface area contributed by atoms with Crippen molar-refractivity contribution < 1.29 is 14.3 Å². The molecule has 1 aromatic heterocycles. The summed E-state index contributed by atoms with van der Waals surface area (Å²) in [6.07, 6.45) is 2.47. The Kier molecular flexibility index (Phi) is 4.30. The molecular formula is C21H24N4O3. The van der Waals surface area contributed by atoms with Crippen molar-refractivity contribution in [2.24, 2.45) is 0 Å². The molecule has 7 heteroatoms. The SMILES string of the molecule is Cc1nc2c(c(N3CCC(N4CCOC4=O)CC3)n1)Cc1ccccc1OC2. The molecular weight excluding hydrogens is 356 g/mol. The van der Waals surface area contributed by atoms with E-state index in [4.69, 9.17) is 14.5 Å². The molecule has 0 unspecified atom stereocenters. The van der Waals surface area contributed by atoms with Gasteiger partial charge in [0.05, 0.1) is 12.2 Å². The second kappa shape index (κ2) is 6.96. The molecule has 146 valence electrons. The van der Waals surface area contributed by atoms with Gasteiger partial charge in [0.1, 0.15) is 30.6 Å². The highest BCUT2D eigenvalue weighted by molar-refractivity contribution is 5.69. The molecule has 1 amide bonds. The van der Waals surface area contributed by atoms with Gasteiger partial charge in [-0.2, -0.15) is 0 Å². The highest BCUT2D eigenvalue weighted by Crippen LogP contribution is 2.33. The Balaban J connectivity index is 1.41. The number of benzene rings is 1. The van der Waals surface area contributed by atoms with E-state index in [1.807, 2.05) is 30.0 Å². The van der Waals surface area contributed by atoms with Crippen molar-refractivity contribution >= 4 is 11.9 Å². The van der Waals surface area contributed by atoms with Crippen molar-refractivity contribution in [3.63, 3.8) is 0 Å². The van der Waals surface area contributed by atoms with Gasteiger partial charge >= 0.3 is 6.09 Å². The lowest BCUT2D eigenvalue weighted by Crippen LogP contribution is -2.46. The maximum absolute atomic E-state index is 11.9. The summed E-state index contributed by atoms with van der Waals surface area (Å²) in [7, 11) is 0. The van der Waals surface area contributed by atoms with E-state index in [0.29, 0.717) is 19.8 Å². The summed E-state index contributed by atoms with van der Waals surface area (Å²) in [6.45, 7) is 5.38. The molecule has 0 saturated carbocycles. The van der Waals surface area contributed by atoms with Crippen LogP contribution in [0, 0.1) is 6.92 Å². The molecule has 0 radical (unpaired) electrons. The number of hydrogen-bond acceptors (Lipinski definition) is 6. The van der Waals surface area contributed by atoms with Crippen LogP contribution in [-0.4, -0.2) is 53.2 Å². The number of rotatable bonds is 2. The normalized spacial score (nSPS) is 19.5. The zero-order chi connectivity index (χ0) is 19.1. The first kappa shape index (κ1) is 17.3. The van der Waals surface area contributed by atoms with Crippen molar-refractivity contribution in [1.29, 1.82) is 0 Å². The van der Waals surface area contributed by atoms with Gasteiger partial charge in [0.15, 0.2) is 0 Å². The molecule has 7 nitrogen and oxygen atoms in total. The predicted octanol–water partition coefficient (Wildman–Crippen LogP) is 2.69. The van der Waals surface area contributed by atoms with Crippen LogP contribution in [0.1, 0.15) is 35.5 Å². The topological polar surface area (TPSA) is 67.8 Å². The number of aromatic nitrogens is 2. The molecule has 1 aromatic carbocycles. The Morgan fingerprint density at radius 3 is 2.68 bits per heavy atom. The van der Waals surface area contributed by atoms with Crippen molar-refractivity contribution in [1.82, 2.24) is 14.9 Å². The lowest BCUT2D eigenvalue weighted by molar-refractivity contribution is 0.142. The van der Waals surface area contributed by atoms with E-state index in [-0.39, 0.29) is 12.1 Å². The van der Waals surface area contributed by atoms with Crippen LogP contribution in [-0.2, 0) is 17.8 Å². The van der Waals surface area contributed by atoms with Gasteiger partial charge in [-0.25, -0.2) is 14.8 Å². The van der Waals surface area contributed by atoms with Gasteiger partial charge in [0.25, 0.3) is 0 Å². The van der Waals surface area contributed by atoms with Gasteiger partial charge in [0, 0.05) is 31.1 Å². The van der Waals surface area contributed by atoms with Crippen molar-refractivity contribution in [2.45, 2.75) is 38.8 Å². The monoisotopic (exact) mass is 380 g/mol. The molecule has 5 rings (SSSR count). The lowest BCUT2D eigenvalue weighted by atomic mass is 10.0. The third kappa shape index (κ3) is 3.04. The number of hydrogen-bond donors (Lipinski definition) is 0. The summed E-state index contributed by atoms with van der Waals surface area (Å²) in [6, 6.07) is 8.43. The molecule has 3 aliphatic heterocycles. The van der Waals surface area contributed by atoms with E-state index in [0.717, 1.165) is 61.0 Å². The second-order valence-corrected chi connectivity index (χ2v) is 7.62. The van der Waals surface area contributed by atoms with Gasteiger partial charge in [0.2, 0.25) is 0 Å². The van der Waals surface area contributed by atoms with E-state index >= 15 is 0 Å². The third-order valence-electron chi connectivity index (χ3n) is 5.88. The van der Waals surface area contributed by atoms with E-state index in [2.05, 4.69) is 16.0 Å². The number of ether oxygens (including phenoxy) is 2. The predicted molar refractivity (Wildman–Crippen MR) is 104 cm³/mol. The molecule has 2 aromatic rings. The zero-order valence-corrected chi connectivity index (χ0v) is 16.1. The van der Waals surface area contributed by atoms with Gasteiger partial charge in [-0.15, -0.1) is 0 Å². The second-order valence-electron chi connectivity index (χ2n) is 7.62. The Morgan fingerprint density at radius 2 is 1.89 bits per heavy atom. The fraction of sp³-hybridized carbons (Fsp3) is 0.476. The van der Waals surface area contributed by atoms with E-state index in [9.17, 15) is 4.79 Å². The standard InChI is InChI=1S/C21H24N4O3/c1-14-22-18-13-28-19-5-3-2-4-15(19)12-17(18)20(23-14)24-8-6-16(7-9-24)25-10-11-27-21(25)26/h2-5,16H,6-13H2,1H3. The fourth-order valence-corrected chi connectivity index (χ4v) is 4.45. The molecule has 4 heterocycles. The van der Waals surface area contributed by atoms with Crippen LogP contribution in [0.2, 0.25) is 0 Å². The first-order valence-electron chi connectivity index (χ1n) is 9.94. The van der Waals surface area contributed by atoms with E-state index in [1.165, 1.54) is 5.56 Å². The Hall–Kier alpha value is -2.83. The van der Waals surface area contributed by atoms with Gasteiger partial charge in [-0.1, -0.05) is 18.2 Å². The minimum absolute atomic E-state index is 0.168. The van der Waals surface area contributed by atoms with Crippen LogP contribution >= 0.6 is 0 Å². The molecule has 0 aliphatic carbocycles. The number of para-hydroxylation sites is 1. The molecule has 2 fully saturated rings. The number of cyclic esters (lactones) is 1. The van der Waals surface area contributed by atoms with E-state index in [1.54, 1.807) is 0 Å². The Labute approximate surface area is 164 Å². The highest BCUT2D eigenvalue weighted by atomic mass is 16.6. The number of anilines is 1. The molecule has 0 N–H and O–H groups in total. The summed E-state index contributed by atoms with van der Waals surface area (Å²) >= 11 is 0. The maximum Gasteiger partial charge on any atom is 0.410 e. The van der Waals surface area contributed by atoms with Crippen molar-refractivity contribution in [2.75, 3.05) is 31.1 Å². The number of carbonyl (C=O) groups is 1. The number of fused-ring (bicyclic) bond motifs is 2. The smallest absolute Gasteiger partial charge is 0.410 e. The summed E-state index contributed by atoms with van der Waals surface area (Å²) in [5.41, 5.74) is 3.31. The fourth-order valence-electron chi connectivity index (χ4n) is 4.45. The summed E-state index contributed by atoms with van der Waals surface area (Å²) < 4.78 is 11.1. The van der Waals surface area contributed by atoms with Crippen LogP contribution in [0.3, 0.4) is 0 Å². The lowest BCUT2D eigenvalue weighted by Gasteiger charge is -2.37. The van der Waals surface area contributed by atoms with E-state index < -0.39 is 0 Å². The van der Waals surface area contributed by atoms with Gasteiger partial charge < -0.3 is 19.3 Å². The average Bonchev–Trinajstić information content (AvgIpc) is 3.05. The highest BCUT2D eigenvalue weighted by Gasteiger charge is 2.33. The Morgan fingerprint density at radius 1 is 1.07 bits per heavy atom. The largest absolute Gasteiger partial charge is 0.487 e. The number of amides is 1. The van der Waals surface area contributed by atoms with Crippen molar-refractivity contribution in [3.05, 3.63) is 46.9 Å². The summed E-state index contributed by atoms with van der Waals surface area (Å²) in [5.74, 6) is 2.72. The molecule has 2 saturated heterocycles. The minimum atomic E-state index is -0.168. The van der Waals surface area contributed by atoms with Crippen LogP contribution in [0.5, 0.6) is 5.75 Å². The maximum atomic E-state index is 11.9. The summed E-state index contributed by atoms with van der Waals surface area (Å²) in [4.78, 5) is 25.6. The average molecular weight is 380 g/mol. The number of carbonyl (C=O) groups excluding carboxylic acids is 1. The first-order valence-corrected chi connectivity index (χ1v) is 9.94. The summed E-state index contributed by atoms with van der Waals surface area (Å²) in [5, 5.41) is 0. The first-order chi connectivity index (χ1) is 13.7. The number of nitrogens with zero attached hydrogens (tertiary/aromatic N) is 4. The third-order valence-corrected chi connectivity index (χ3v) is 5.88. The van der Waals surface area contributed by atoms with Gasteiger partial charge in [-0.3, -0.25) is 0 Å². The van der Waals surface area contributed by atoms with Crippen LogP contribution < -0.4 is 9.64 Å².